The Balaban J connectivity index is 3.05. The zero-order valence-corrected chi connectivity index (χ0v) is 11.4. The lowest BCUT2D eigenvalue weighted by atomic mass is 10.1. The number of carbonyl (C=O) groups excluding carboxylic acids is 1. The van der Waals surface area contributed by atoms with Crippen LogP contribution in [0.1, 0.15) is 30.1 Å². The summed E-state index contributed by atoms with van der Waals surface area (Å²) in [6.45, 7) is 1.77. The van der Waals surface area contributed by atoms with Crippen molar-refractivity contribution in [3.8, 4) is 0 Å². The molecule has 20 heavy (non-hydrogen) atoms. The van der Waals surface area contributed by atoms with Crippen LogP contribution >= 0.6 is 11.6 Å². The summed E-state index contributed by atoms with van der Waals surface area (Å²) in [5, 5.41) is 22.2. The van der Waals surface area contributed by atoms with Gasteiger partial charge in [0.15, 0.2) is 0 Å². The van der Waals surface area contributed by atoms with Crippen molar-refractivity contribution in [2.24, 2.45) is 0 Å². The topological polar surface area (TPSA) is 110 Å². The van der Waals surface area contributed by atoms with E-state index in [1.54, 1.807) is 6.92 Å². The van der Waals surface area contributed by atoms with Gasteiger partial charge in [0.1, 0.15) is 11.6 Å². The molecule has 0 bridgehead atoms. The molecule has 0 heterocycles. The Bertz CT molecular complexity index is 547. The number of amides is 1. The molecule has 1 aromatic carbocycles. The fourth-order valence-electron chi connectivity index (χ4n) is 1.63. The maximum absolute atomic E-state index is 12.0. The van der Waals surface area contributed by atoms with Gasteiger partial charge in [-0.15, -0.1) is 0 Å². The van der Waals surface area contributed by atoms with Crippen LogP contribution in [0.4, 0.5) is 5.69 Å². The molecule has 0 saturated heterocycles. The molecule has 2 N–H and O–H groups in total. The zero-order valence-electron chi connectivity index (χ0n) is 10.6. The number of rotatable bonds is 6. The molecule has 1 aromatic rings. The van der Waals surface area contributed by atoms with Crippen LogP contribution in [0.3, 0.4) is 0 Å². The van der Waals surface area contributed by atoms with E-state index < -0.39 is 28.5 Å². The summed E-state index contributed by atoms with van der Waals surface area (Å²) >= 11 is 5.71. The summed E-state index contributed by atoms with van der Waals surface area (Å²) in [4.78, 5) is 33.1. The summed E-state index contributed by atoms with van der Waals surface area (Å²) in [7, 11) is 0. The number of aliphatic carboxylic acids is 1. The average molecular weight is 301 g/mol. The van der Waals surface area contributed by atoms with Gasteiger partial charge in [0, 0.05) is 11.1 Å². The average Bonchev–Trinajstić information content (AvgIpc) is 2.37. The molecule has 0 aliphatic carbocycles. The number of carbonyl (C=O) groups is 2. The van der Waals surface area contributed by atoms with Crippen molar-refractivity contribution >= 4 is 29.2 Å². The lowest BCUT2D eigenvalue weighted by molar-refractivity contribution is -0.385. The molecule has 7 nitrogen and oxygen atoms in total. The van der Waals surface area contributed by atoms with Gasteiger partial charge < -0.3 is 10.4 Å². The standard InChI is InChI=1S/C12H13ClN2O5/c1-2-3-9(12(17)18)14-11(16)8-6-7(13)4-5-10(8)15(19)20/h4-6,9H,2-3H2,1H3,(H,14,16)(H,17,18). The van der Waals surface area contributed by atoms with E-state index in [-0.39, 0.29) is 17.0 Å². The quantitative estimate of drug-likeness (QED) is 0.618. The Morgan fingerprint density at radius 3 is 2.65 bits per heavy atom. The first kappa shape index (κ1) is 15.9. The van der Waals surface area contributed by atoms with Crippen LogP contribution in [0.15, 0.2) is 18.2 Å². The number of nitrogens with one attached hydrogen (secondary N) is 1. The Morgan fingerprint density at radius 2 is 2.15 bits per heavy atom. The Morgan fingerprint density at radius 1 is 1.50 bits per heavy atom. The predicted molar refractivity (Wildman–Crippen MR) is 71.9 cm³/mol. The number of halogens is 1. The second-order valence-corrected chi connectivity index (χ2v) is 4.51. The number of benzene rings is 1. The maximum Gasteiger partial charge on any atom is 0.326 e. The molecule has 0 aliphatic heterocycles. The fourth-order valence-corrected chi connectivity index (χ4v) is 1.80. The summed E-state index contributed by atoms with van der Waals surface area (Å²) in [6, 6.07) is 2.44. The third-order valence-electron chi connectivity index (χ3n) is 2.58. The molecule has 1 atom stereocenters. The summed E-state index contributed by atoms with van der Waals surface area (Å²) < 4.78 is 0. The molecule has 108 valence electrons. The van der Waals surface area contributed by atoms with E-state index in [9.17, 15) is 19.7 Å². The van der Waals surface area contributed by atoms with Crippen molar-refractivity contribution in [3.63, 3.8) is 0 Å². The largest absolute Gasteiger partial charge is 0.480 e. The summed E-state index contributed by atoms with van der Waals surface area (Å²) in [5.41, 5.74) is -0.683. The van der Waals surface area contributed by atoms with Gasteiger partial charge in [0.25, 0.3) is 11.6 Å². The Hall–Kier alpha value is -2.15. The molecule has 1 unspecified atom stereocenters. The maximum atomic E-state index is 12.0. The van der Waals surface area contributed by atoms with Crippen LogP contribution in [0.2, 0.25) is 5.02 Å². The highest BCUT2D eigenvalue weighted by Gasteiger charge is 2.25. The lowest BCUT2D eigenvalue weighted by Gasteiger charge is -2.13. The van der Waals surface area contributed by atoms with E-state index in [0.29, 0.717) is 6.42 Å². The zero-order chi connectivity index (χ0) is 15.3. The van der Waals surface area contributed by atoms with Gasteiger partial charge >= 0.3 is 5.97 Å². The highest BCUT2D eigenvalue weighted by molar-refractivity contribution is 6.31. The number of carboxylic acids is 1. The van der Waals surface area contributed by atoms with Crippen LogP contribution < -0.4 is 5.32 Å². The highest BCUT2D eigenvalue weighted by Crippen LogP contribution is 2.22. The predicted octanol–water partition coefficient (Wildman–Crippen LogP) is 2.23. The molecule has 0 fully saturated rings. The molecule has 0 radical (unpaired) electrons. The van der Waals surface area contributed by atoms with Gasteiger partial charge in [0.2, 0.25) is 0 Å². The van der Waals surface area contributed by atoms with Crippen molar-refractivity contribution in [1.82, 2.24) is 5.32 Å². The minimum absolute atomic E-state index is 0.156. The molecule has 1 rings (SSSR count). The third-order valence-corrected chi connectivity index (χ3v) is 2.82. The smallest absolute Gasteiger partial charge is 0.326 e. The van der Waals surface area contributed by atoms with Gasteiger partial charge in [0.05, 0.1) is 4.92 Å². The van der Waals surface area contributed by atoms with Crippen molar-refractivity contribution < 1.29 is 19.6 Å². The second kappa shape index (κ2) is 6.85. The van der Waals surface area contributed by atoms with E-state index in [2.05, 4.69) is 5.32 Å². The van der Waals surface area contributed by atoms with E-state index in [0.717, 1.165) is 12.1 Å². The lowest BCUT2D eigenvalue weighted by Crippen LogP contribution is -2.40. The van der Waals surface area contributed by atoms with Crippen molar-refractivity contribution in [2.45, 2.75) is 25.8 Å². The van der Waals surface area contributed by atoms with Crippen molar-refractivity contribution in [1.29, 1.82) is 0 Å². The van der Waals surface area contributed by atoms with Gasteiger partial charge in [-0.1, -0.05) is 24.9 Å². The van der Waals surface area contributed by atoms with E-state index in [4.69, 9.17) is 16.7 Å². The number of nitro groups is 1. The Labute approximate surface area is 119 Å². The molecular weight excluding hydrogens is 288 g/mol. The van der Waals surface area contributed by atoms with Crippen LogP contribution in [-0.4, -0.2) is 27.9 Å². The van der Waals surface area contributed by atoms with E-state index in [1.807, 2.05) is 0 Å². The third kappa shape index (κ3) is 3.92. The molecule has 0 aromatic heterocycles. The number of nitro benzene ring substituents is 1. The monoisotopic (exact) mass is 300 g/mol. The van der Waals surface area contributed by atoms with Gasteiger partial charge in [-0.05, 0) is 18.6 Å². The van der Waals surface area contributed by atoms with E-state index >= 15 is 0 Å². The Kier molecular flexibility index (Phi) is 5.45. The molecular formula is C12H13ClN2O5. The first-order valence-corrected chi connectivity index (χ1v) is 6.22. The molecule has 1 amide bonds. The molecule has 0 saturated carbocycles. The van der Waals surface area contributed by atoms with Crippen LogP contribution in [0, 0.1) is 10.1 Å². The number of hydrogen-bond donors (Lipinski definition) is 2. The SMILES string of the molecule is CCCC(NC(=O)c1cc(Cl)ccc1[N+](=O)[O-])C(=O)O. The highest BCUT2D eigenvalue weighted by atomic mass is 35.5. The fraction of sp³-hybridized carbons (Fsp3) is 0.333. The molecule has 0 aliphatic rings. The molecule has 8 heteroatoms. The second-order valence-electron chi connectivity index (χ2n) is 4.07. The summed E-state index contributed by atoms with van der Waals surface area (Å²) in [5.74, 6) is -2.02. The van der Waals surface area contributed by atoms with E-state index in [1.165, 1.54) is 6.07 Å². The van der Waals surface area contributed by atoms with Gasteiger partial charge in [-0.2, -0.15) is 0 Å². The van der Waals surface area contributed by atoms with Gasteiger partial charge in [-0.3, -0.25) is 14.9 Å². The first-order chi connectivity index (χ1) is 9.36. The normalized spacial score (nSPS) is 11.7. The van der Waals surface area contributed by atoms with Crippen molar-refractivity contribution in [2.75, 3.05) is 0 Å². The van der Waals surface area contributed by atoms with Crippen LogP contribution in [-0.2, 0) is 4.79 Å². The number of hydrogen-bond acceptors (Lipinski definition) is 4. The minimum atomic E-state index is -1.19. The number of nitrogens with zero attached hydrogens (tertiary/aromatic N) is 1. The molecule has 0 spiro atoms. The van der Waals surface area contributed by atoms with Crippen LogP contribution in [0.25, 0.3) is 0 Å². The van der Waals surface area contributed by atoms with Crippen molar-refractivity contribution in [3.05, 3.63) is 38.9 Å². The summed E-state index contributed by atoms with van der Waals surface area (Å²) in [6.07, 6.45) is 0.782. The first-order valence-electron chi connectivity index (χ1n) is 5.84. The van der Waals surface area contributed by atoms with Crippen LogP contribution in [0.5, 0.6) is 0 Å². The number of carboxylic acid groups (broad SMARTS) is 1. The van der Waals surface area contributed by atoms with Gasteiger partial charge in [-0.25, -0.2) is 4.79 Å². The minimum Gasteiger partial charge on any atom is -0.480 e.